The van der Waals surface area contributed by atoms with Gasteiger partial charge in [0, 0.05) is 19.3 Å². The standard InChI is InChI=1S/C11H17NO3/c1-7-6-9-11(8(2)14-7)15-10(13)4-5-12(9)3/h4-5,7-9,11H,6H2,1-3H3/t7-,8-,9?,11?/m0/s1. The summed E-state index contributed by atoms with van der Waals surface area (Å²) in [4.78, 5) is 13.4. The van der Waals surface area contributed by atoms with Crippen LogP contribution in [0.15, 0.2) is 12.3 Å². The van der Waals surface area contributed by atoms with Crippen LogP contribution in [-0.2, 0) is 14.3 Å². The summed E-state index contributed by atoms with van der Waals surface area (Å²) < 4.78 is 11.0. The van der Waals surface area contributed by atoms with E-state index in [1.165, 1.54) is 6.08 Å². The molecular formula is C11H17NO3. The highest BCUT2D eigenvalue weighted by molar-refractivity contribution is 5.82. The Balaban J connectivity index is 2.21. The van der Waals surface area contributed by atoms with Crippen molar-refractivity contribution in [1.29, 1.82) is 0 Å². The minimum atomic E-state index is -0.278. The molecule has 2 heterocycles. The van der Waals surface area contributed by atoms with Gasteiger partial charge >= 0.3 is 5.97 Å². The van der Waals surface area contributed by atoms with E-state index in [-0.39, 0.29) is 30.3 Å². The SMILES string of the molecule is C[C@@H]1O[C@@H](C)CC2C1OC(=O)C=CN2C. The normalized spacial score (nSPS) is 40.7. The van der Waals surface area contributed by atoms with E-state index < -0.39 is 0 Å². The molecule has 0 spiro atoms. The molecule has 1 fully saturated rings. The molecule has 0 amide bonds. The highest BCUT2D eigenvalue weighted by Gasteiger charge is 2.39. The fraction of sp³-hybridized carbons (Fsp3) is 0.727. The van der Waals surface area contributed by atoms with Crippen molar-refractivity contribution in [3.63, 3.8) is 0 Å². The fourth-order valence-corrected chi connectivity index (χ4v) is 2.32. The Bertz CT molecular complexity index is 290. The molecule has 0 aromatic rings. The second-order valence-corrected chi connectivity index (χ2v) is 4.34. The fourth-order valence-electron chi connectivity index (χ4n) is 2.32. The third-order valence-electron chi connectivity index (χ3n) is 3.08. The van der Waals surface area contributed by atoms with Crippen molar-refractivity contribution in [2.24, 2.45) is 0 Å². The van der Waals surface area contributed by atoms with E-state index in [0.29, 0.717) is 0 Å². The zero-order chi connectivity index (χ0) is 11.0. The summed E-state index contributed by atoms with van der Waals surface area (Å²) in [5, 5.41) is 0. The maximum absolute atomic E-state index is 11.3. The third kappa shape index (κ3) is 2.00. The van der Waals surface area contributed by atoms with Crippen LogP contribution in [0.5, 0.6) is 0 Å². The third-order valence-corrected chi connectivity index (χ3v) is 3.08. The number of ether oxygens (including phenoxy) is 2. The van der Waals surface area contributed by atoms with Gasteiger partial charge in [0.2, 0.25) is 0 Å². The molecule has 4 heteroatoms. The van der Waals surface area contributed by atoms with Crippen molar-refractivity contribution in [2.45, 2.75) is 44.6 Å². The lowest BCUT2D eigenvalue weighted by atomic mass is 9.95. The van der Waals surface area contributed by atoms with Gasteiger partial charge in [0.05, 0.1) is 18.2 Å². The highest BCUT2D eigenvalue weighted by Crippen LogP contribution is 2.27. The van der Waals surface area contributed by atoms with Crippen molar-refractivity contribution in [1.82, 2.24) is 4.90 Å². The Morgan fingerprint density at radius 3 is 2.93 bits per heavy atom. The number of rotatable bonds is 0. The van der Waals surface area contributed by atoms with Gasteiger partial charge in [-0.15, -0.1) is 0 Å². The Labute approximate surface area is 89.8 Å². The molecule has 0 aliphatic carbocycles. The van der Waals surface area contributed by atoms with Crippen molar-refractivity contribution >= 4 is 5.97 Å². The topological polar surface area (TPSA) is 38.8 Å². The van der Waals surface area contributed by atoms with Crippen molar-refractivity contribution in [2.75, 3.05) is 7.05 Å². The van der Waals surface area contributed by atoms with Crippen LogP contribution in [0.1, 0.15) is 20.3 Å². The monoisotopic (exact) mass is 211 g/mol. The van der Waals surface area contributed by atoms with E-state index in [1.807, 2.05) is 18.9 Å². The van der Waals surface area contributed by atoms with Crippen LogP contribution in [0.4, 0.5) is 0 Å². The molecule has 4 nitrogen and oxygen atoms in total. The smallest absolute Gasteiger partial charge is 0.332 e. The lowest BCUT2D eigenvalue weighted by molar-refractivity contribution is -0.171. The molecule has 0 radical (unpaired) electrons. The highest BCUT2D eigenvalue weighted by atomic mass is 16.6. The maximum Gasteiger partial charge on any atom is 0.332 e. The Kier molecular flexibility index (Phi) is 2.69. The quantitative estimate of drug-likeness (QED) is 0.559. The Hall–Kier alpha value is -1.03. The maximum atomic E-state index is 11.3. The molecule has 2 unspecified atom stereocenters. The first-order chi connectivity index (χ1) is 7.08. The molecule has 2 aliphatic rings. The van der Waals surface area contributed by atoms with E-state index in [4.69, 9.17) is 9.47 Å². The summed E-state index contributed by atoms with van der Waals surface area (Å²) >= 11 is 0. The van der Waals surface area contributed by atoms with Crippen LogP contribution in [0.25, 0.3) is 0 Å². The van der Waals surface area contributed by atoms with E-state index in [1.54, 1.807) is 6.20 Å². The summed E-state index contributed by atoms with van der Waals surface area (Å²) in [7, 11) is 1.97. The van der Waals surface area contributed by atoms with E-state index in [9.17, 15) is 4.79 Å². The molecular weight excluding hydrogens is 194 g/mol. The zero-order valence-electron chi connectivity index (χ0n) is 9.34. The number of hydrogen-bond acceptors (Lipinski definition) is 4. The first kappa shape index (κ1) is 10.5. The molecule has 4 atom stereocenters. The van der Waals surface area contributed by atoms with Gasteiger partial charge < -0.3 is 14.4 Å². The van der Waals surface area contributed by atoms with Crippen LogP contribution in [0, 0.1) is 0 Å². The molecule has 0 aromatic carbocycles. The molecule has 84 valence electrons. The molecule has 0 N–H and O–H groups in total. The summed E-state index contributed by atoms with van der Waals surface area (Å²) in [6, 6.07) is 0.228. The number of fused-ring (bicyclic) bond motifs is 1. The van der Waals surface area contributed by atoms with Gasteiger partial charge in [-0.25, -0.2) is 4.79 Å². The number of carbonyl (C=O) groups excluding carboxylic acids is 1. The van der Waals surface area contributed by atoms with Crippen LogP contribution in [-0.4, -0.2) is 42.3 Å². The summed E-state index contributed by atoms with van der Waals surface area (Å²) in [6.07, 6.45) is 4.17. The molecule has 2 rings (SSSR count). The van der Waals surface area contributed by atoms with E-state index in [0.717, 1.165) is 6.42 Å². The molecule has 0 bridgehead atoms. The molecule has 0 aromatic heterocycles. The number of nitrogens with zero attached hydrogens (tertiary/aromatic N) is 1. The average molecular weight is 211 g/mol. The van der Waals surface area contributed by atoms with Crippen molar-refractivity contribution in [3.8, 4) is 0 Å². The summed E-state index contributed by atoms with van der Waals surface area (Å²) in [6.45, 7) is 4.01. The van der Waals surface area contributed by atoms with Gasteiger partial charge in [0.15, 0.2) is 0 Å². The molecule has 0 saturated carbocycles. The number of likely N-dealkylation sites (N-methyl/N-ethyl adjacent to an activating group) is 1. The number of hydrogen-bond donors (Lipinski definition) is 0. The van der Waals surface area contributed by atoms with Crippen molar-refractivity contribution in [3.05, 3.63) is 12.3 Å². The minimum Gasteiger partial charge on any atom is -0.454 e. The first-order valence-corrected chi connectivity index (χ1v) is 5.34. The largest absolute Gasteiger partial charge is 0.454 e. The van der Waals surface area contributed by atoms with E-state index in [2.05, 4.69) is 6.92 Å². The molecule has 1 saturated heterocycles. The van der Waals surface area contributed by atoms with Crippen LogP contribution in [0.2, 0.25) is 0 Å². The van der Waals surface area contributed by atoms with Gasteiger partial charge in [0.25, 0.3) is 0 Å². The van der Waals surface area contributed by atoms with Gasteiger partial charge in [-0.3, -0.25) is 0 Å². The van der Waals surface area contributed by atoms with Gasteiger partial charge in [-0.1, -0.05) is 0 Å². The lowest BCUT2D eigenvalue weighted by Crippen LogP contribution is -2.52. The molecule has 2 aliphatic heterocycles. The second kappa shape index (κ2) is 3.85. The Morgan fingerprint density at radius 2 is 2.20 bits per heavy atom. The second-order valence-electron chi connectivity index (χ2n) is 4.34. The summed E-state index contributed by atoms with van der Waals surface area (Å²) in [5.74, 6) is -0.278. The predicted molar refractivity (Wildman–Crippen MR) is 55.2 cm³/mol. The number of carbonyl (C=O) groups is 1. The number of esters is 1. The van der Waals surface area contributed by atoms with Gasteiger partial charge in [-0.2, -0.15) is 0 Å². The summed E-state index contributed by atoms with van der Waals surface area (Å²) in [5.41, 5.74) is 0. The van der Waals surface area contributed by atoms with Gasteiger partial charge in [-0.05, 0) is 20.3 Å². The van der Waals surface area contributed by atoms with Gasteiger partial charge in [0.1, 0.15) is 6.10 Å². The van der Waals surface area contributed by atoms with Crippen LogP contribution < -0.4 is 0 Å². The molecule has 15 heavy (non-hydrogen) atoms. The predicted octanol–water partition coefficient (Wildman–Crippen LogP) is 0.923. The lowest BCUT2D eigenvalue weighted by Gasteiger charge is -2.41. The average Bonchev–Trinajstić information content (AvgIpc) is 2.30. The Morgan fingerprint density at radius 1 is 1.47 bits per heavy atom. The minimum absolute atomic E-state index is 0.0370. The first-order valence-electron chi connectivity index (χ1n) is 5.34. The van der Waals surface area contributed by atoms with E-state index >= 15 is 0 Å². The van der Waals surface area contributed by atoms with Crippen LogP contribution >= 0.6 is 0 Å². The zero-order valence-corrected chi connectivity index (χ0v) is 9.34. The van der Waals surface area contributed by atoms with Crippen LogP contribution in [0.3, 0.4) is 0 Å². The van der Waals surface area contributed by atoms with Crippen molar-refractivity contribution < 1.29 is 14.3 Å².